The average Bonchev–Trinajstić information content (AvgIpc) is 2.50. The number of carbonyl (C=O) groups is 1. The standard InChI is InChI=1S/C9H12N2O2/c1-9(10)5-11(6-9)8(12)7-3-2-4-13-7/h2-4H,5-6,10H2,1H3. The van der Waals surface area contributed by atoms with Crippen molar-refractivity contribution in [3.05, 3.63) is 24.2 Å². The summed E-state index contributed by atoms with van der Waals surface area (Å²) in [6.07, 6.45) is 1.49. The molecule has 70 valence electrons. The number of furan rings is 1. The van der Waals surface area contributed by atoms with Gasteiger partial charge in [0, 0.05) is 18.6 Å². The Morgan fingerprint density at radius 2 is 2.38 bits per heavy atom. The molecule has 0 radical (unpaired) electrons. The van der Waals surface area contributed by atoms with Crippen molar-refractivity contribution in [2.45, 2.75) is 12.5 Å². The number of amides is 1. The molecule has 2 heterocycles. The number of hydrogen-bond donors (Lipinski definition) is 1. The number of carbonyl (C=O) groups excluding carboxylic acids is 1. The molecule has 0 saturated carbocycles. The molecule has 13 heavy (non-hydrogen) atoms. The molecule has 1 fully saturated rings. The quantitative estimate of drug-likeness (QED) is 0.682. The summed E-state index contributed by atoms with van der Waals surface area (Å²) in [7, 11) is 0. The molecule has 4 heteroatoms. The van der Waals surface area contributed by atoms with E-state index in [0.717, 1.165) is 0 Å². The second-order valence-electron chi connectivity index (χ2n) is 3.79. The lowest BCUT2D eigenvalue weighted by molar-refractivity contribution is 0.0423. The lowest BCUT2D eigenvalue weighted by atomic mass is 9.93. The maximum absolute atomic E-state index is 11.6. The first kappa shape index (κ1) is 8.31. The van der Waals surface area contributed by atoms with E-state index < -0.39 is 0 Å². The molecule has 4 nitrogen and oxygen atoms in total. The smallest absolute Gasteiger partial charge is 0.289 e. The van der Waals surface area contributed by atoms with Gasteiger partial charge in [-0.2, -0.15) is 0 Å². The van der Waals surface area contributed by atoms with Crippen molar-refractivity contribution >= 4 is 5.91 Å². The molecular weight excluding hydrogens is 168 g/mol. The van der Waals surface area contributed by atoms with Crippen LogP contribution >= 0.6 is 0 Å². The first-order valence-corrected chi connectivity index (χ1v) is 4.20. The molecule has 1 aromatic rings. The van der Waals surface area contributed by atoms with Gasteiger partial charge in [-0.25, -0.2) is 0 Å². The minimum Gasteiger partial charge on any atom is -0.459 e. The lowest BCUT2D eigenvalue weighted by Gasteiger charge is -2.44. The number of rotatable bonds is 1. The van der Waals surface area contributed by atoms with E-state index in [1.807, 2.05) is 6.92 Å². The summed E-state index contributed by atoms with van der Waals surface area (Å²) in [6.45, 7) is 3.14. The van der Waals surface area contributed by atoms with Crippen LogP contribution in [0, 0.1) is 0 Å². The second kappa shape index (κ2) is 2.60. The van der Waals surface area contributed by atoms with Crippen molar-refractivity contribution in [3.63, 3.8) is 0 Å². The summed E-state index contributed by atoms with van der Waals surface area (Å²) < 4.78 is 4.99. The summed E-state index contributed by atoms with van der Waals surface area (Å²) >= 11 is 0. The molecule has 0 bridgehead atoms. The molecule has 1 aliphatic rings. The molecule has 0 unspecified atom stereocenters. The zero-order valence-electron chi connectivity index (χ0n) is 7.49. The van der Waals surface area contributed by atoms with Crippen LogP contribution in [0.4, 0.5) is 0 Å². The van der Waals surface area contributed by atoms with Gasteiger partial charge in [0.25, 0.3) is 5.91 Å². The van der Waals surface area contributed by atoms with Crippen molar-refractivity contribution in [2.24, 2.45) is 5.73 Å². The van der Waals surface area contributed by atoms with Crippen molar-refractivity contribution in [3.8, 4) is 0 Å². The SMILES string of the molecule is CC1(N)CN(C(=O)c2ccco2)C1. The van der Waals surface area contributed by atoms with E-state index >= 15 is 0 Å². The minimum absolute atomic E-state index is 0.0760. The zero-order chi connectivity index (χ0) is 9.47. The highest BCUT2D eigenvalue weighted by Crippen LogP contribution is 2.19. The lowest BCUT2D eigenvalue weighted by Crippen LogP contribution is -2.66. The van der Waals surface area contributed by atoms with Crippen LogP contribution in [0.5, 0.6) is 0 Å². The highest BCUT2D eigenvalue weighted by molar-refractivity contribution is 5.92. The van der Waals surface area contributed by atoms with Crippen molar-refractivity contribution in [2.75, 3.05) is 13.1 Å². The molecule has 1 aromatic heterocycles. The maximum Gasteiger partial charge on any atom is 0.289 e. The number of likely N-dealkylation sites (tertiary alicyclic amines) is 1. The van der Waals surface area contributed by atoms with Crippen molar-refractivity contribution < 1.29 is 9.21 Å². The first-order valence-electron chi connectivity index (χ1n) is 4.20. The molecule has 1 aliphatic heterocycles. The number of nitrogens with two attached hydrogens (primary N) is 1. The Morgan fingerprint density at radius 3 is 2.85 bits per heavy atom. The normalized spacial score (nSPS) is 19.7. The number of nitrogens with zero attached hydrogens (tertiary/aromatic N) is 1. The molecule has 0 aliphatic carbocycles. The fourth-order valence-electron chi connectivity index (χ4n) is 1.53. The Hall–Kier alpha value is -1.29. The molecular formula is C9H12N2O2. The van der Waals surface area contributed by atoms with Gasteiger partial charge in [-0.15, -0.1) is 0 Å². The Balaban J connectivity index is 2.02. The van der Waals surface area contributed by atoms with Crippen molar-refractivity contribution in [1.29, 1.82) is 0 Å². The molecule has 0 spiro atoms. The third-order valence-corrected chi connectivity index (χ3v) is 2.12. The molecule has 2 rings (SSSR count). The van der Waals surface area contributed by atoms with Gasteiger partial charge >= 0.3 is 0 Å². The van der Waals surface area contributed by atoms with Crippen LogP contribution in [-0.4, -0.2) is 29.4 Å². The fraction of sp³-hybridized carbons (Fsp3) is 0.444. The third kappa shape index (κ3) is 1.45. The second-order valence-corrected chi connectivity index (χ2v) is 3.79. The molecule has 1 amide bonds. The van der Waals surface area contributed by atoms with Crippen LogP contribution in [0.2, 0.25) is 0 Å². The summed E-state index contributed by atoms with van der Waals surface area (Å²) in [4.78, 5) is 13.2. The van der Waals surface area contributed by atoms with E-state index in [-0.39, 0.29) is 11.4 Å². The van der Waals surface area contributed by atoms with Gasteiger partial charge in [0.1, 0.15) is 0 Å². The van der Waals surface area contributed by atoms with Crippen LogP contribution in [-0.2, 0) is 0 Å². The first-order chi connectivity index (χ1) is 6.08. The van der Waals surface area contributed by atoms with Gasteiger partial charge in [0.15, 0.2) is 5.76 Å². The number of hydrogen-bond acceptors (Lipinski definition) is 3. The molecule has 0 atom stereocenters. The van der Waals surface area contributed by atoms with E-state index in [2.05, 4.69) is 0 Å². The molecule has 1 saturated heterocycles. The van der Waals surface area contributed by atoms with Crippen LogP contribution < -0.4 is 5.73 Å². The van der Waals surface area contributed by atoms with Crippen LogP contribution in [0.15, 0.2) is 22.8 Å². The minimum atomic E-state index is -0.220. The van der Waals surface area contributed by atoms with Crippen LogP contribution in [0.3, 0.4) is 0 Å². The van der Waals surface area contributed by atoms with E-state index in [4.69, 9.17) is 10.2 Å². The summed E-state index contributed by atoms with van der Waals surface area (Å²) in [5.74, 6) is 0.309. The van der Waals surface area contributed by atoms with Gasteiger partial charge in [-0.3, -0.25) is 4.79 Å². The van der Waals surface area contributed by atoms with E-state index in [0.29, 0.717) is 18.8 Å². The maximum atomic E-state index is 11.6. The van der Waals surface area contributed by atoms with Crippen LogP contribution in [0.1, 0.15) is 17.5 Å². The van der Waals surface area contributed by atoms with E-state index in [1.54, 1.807) is 17.0 Å². The van der Waals surface area contributed by atoms with Gasteiger partial charge in [0.2, 0.25) is 0 Å². The summed E-state index contributed by atoms with van der Waals surface area (Å²) in [6, 6.07) is 3.36. The summed E-state index contributed by atoms with van der Waals surface area (Å²) in [5.41, 5.74) is 5.56. The highest BCUT2D eigenvalue weighted by atomic mass is 16.3. The van der Waals surface area contributed by atoms with Gasteiger partial charge in [-0.05, 0) is 19.1 Å². The predicted molar refractivity (Wildman–Crippen MR) is 47.2 cm³/mol. The van der Waals surface area contributed by atoms with Gasteiger partial charge in [0.05, 0.1) is 6.26 Å². The van der Waals surface area contributed by atoms with Gasteiger partial charge < -0.3 is 15.1 Å². The van der Waals surface area contributed by atoms with Gasteiger partial charge in [-0.1, -0.05) is 0 Å². The van der Waals surface area contributed by atoms with Crippen molar-refractivity contribution in [1.82, 2.24) is 4.90 Å². The molecule has 2 N–H and O–H groups in total. The molecule has 0 aromatic carbocycles. The largest absolute Gasteiger partial charge is 0.459 e. The predicted octanol–water partition coefficient (Wildman–Crippen LogP) is 0.453. The monoisotopic (exact) mass is 180 g/mol. The zero-order valence-corrected chi connectivity index (χ0v) is 7.49. The topological polar surface area (TPSA) is 59.5 Å². The Morgan fingerprint density at radius 1 is 1.69 bits per heavy atom. The Bertz CT molecular complexity index is 308. The average molecular weight is 180 g/mol. The fourth-order valence-corrected chi connectivity index (χ4v) is 1.53. The van der Waals surface area contributed by atoms with Crippen LogP contribution in [0.25, 0.3) is 0 Å². The Labute approximate surface area is 76.3 Å². The highest BCUT2D eigenvalue weighted by Gasteiger charge is 2.38. The Kier molecular flexibility index (Phi) is 1.66. The van der Waals surface area contributed by atoms with E-state index in [9.17, 15) is 4.79 Å². The summed E-state index contributed by atoms with van der Waals surface area (Å²) in [5, 5.41) is 0. The van der Waals surface area contributed by atoms with E-state index in [1.165, 1.54) is 6.26 Å². The third-order valence-electron chi connectivity index (χ3n) is 2.12.